The summed E-state index contributed by atoms with van der Waals surface area (Å²) in [5.74, 6) is 0.358. The van der Waals surface area contributed by atoms with Gasteiger partial charge in [-0.2, -0.15) is 0 Å². The maximum absolute atomic E-state index is 11.7. The largest absolute Gasteiger partial charge is 0.297 e. The van der Waals surface area contributed by atoms with E-state index in [9.17, 15) is 4.79 Å². The quantitative estimate of drug-likeness (QED) is 0.868. The Bertz CT molecular complexity index is 604. The molecule has 3 rings (SSSR count). The van der Waals surface area contributed by atoms with Crippen LogP contribution in [-0.4, -0.2) is 21.1 Å². The van der Waals surface area contributed by atoms with Gasteiger partial charge in [-0.05, 0) is 30.5 Å². The summed E-state index contributed by atoms with van der Waals surface area (Å²) < 4.78 is 0. The second-order valence-electron chi connectivity index (χ2n) is 4.33. The number of rotatable bonds is 4. The van der Waals surface area contributed by atoms with Crippen LogP contribution in [0.4, 0.5) is 5.13 Å². The third-order valence-corrected chi connectivity index (χ3v) is 3.71. The SMILES string of the molecule is O=C(/C=C\c1cccnc1)Nc1nnc(C2CC2)s1. The minimum atomic E-state index is -0.206. The first-order chi connectivity index (χ1) is 9.31. The highest BCUT2D eigenvalue weighted by atomic mass is 32.1. The van der Waals surface area contributed by atoms with E-state index < -0.39 is 0 Å². The molecule has 2 aromatic rings. The third kappa shape index (κ3) is 3.23. The maximum Gasteiger partial charge on any atom is 0.250 e. The van der Waals surface area contributed by atoms with Gasteiger partial charge in [0, 0.05) is 24.4 Å². The van der Waals surface area contributed by atoms with Crippen LogP contribution in [0.2, 0.25) is 0 Å². The van der Waals surface area contributed by atoms with Crippen molar-refractivity contribution in [3.63, 3.8) is 0 Å². The lowest BCUT2D eigenvalue weighted by molar-refractivity contribution is -0.111. The lowest BCUT2D eigenvalue weighted by atomic mass is 10.2. The second kappa shape index (κ2) is 5.27. The van der Waals surface area contributed by atoms with Crippen molar-refractivity contribution in [3.8, 4) is 0 Å². The molecule has 0 spiro atoms. The Hall–Kier alpha value is -2.08. The minimum absolute atomic E-state index is 0.206. The Kier molecular flexibility index (Phi) is 3.33. The van der Waals surface area contributed by atoms with Crippen molar-refractivity contribution in [1.82, 2.24) is 15.2 Å². The van der Waals surface area contributed by atoms with Gasteiger partial charge in [0.25, 0.3) is 0 Å². The standard InChI is InChI=1S/C13H12N4OS/c18-11(6-3-9-2-1-7-14-8-9)15-13-17-16-12(19-13)10-4-5-10/h1-3,6-8,10H,4-5H2,(H,15,17,18)/b6-3-. The fraction of sp³-hybridized carbons (Fsp3) is 0.231. The number of carbonyl (C=O) groups excluding carboxylic acids is 1. The molecule has 96 valence electrons. The number of amides is 1. The Morgan fingerprint density at radius 2 is 2.32 bits per heavy atom. The fourth-order valence-corrected chi connectivity index (χ4v) is 2.49. The number of hydrogen-bond acceptors (Lipinski definition) is 5. The van der Waals surface area contributed by atoms with E-state index in [0.717, 1.165) is 10.6 Å². The first kappa shape index (κ1) is 12.0. The fourth-order valence-electron chi connectivity index (χ4n) is 1.57. The molecule has 1 N–H and O–H groups in total. The summed E-state index contributed by atoms with van der Waals surface area (Å²) in [4.78, 5) is 15.7. The Labute approximate surface area is 114 Å². The zero-order valence-corrected chi connectivity index (χ0v) is 10.9. The van der Waals surface area contributed by atoms with E-state index >= 15 is 0 Å². The van der Waals surface area contributed by atoms with Crippen LogP contribution < -0.4 is 5.32 Å². The average molecular weight is 272 g/mol. The Morgan fingerprint density at radius 1 is 1.42 bits per heavy atom. The van der Waals surface area contributed by atoms with Crippen LogP contribution in [0.1, 0.15) is 29.3 Å². The highest BCUT2D eigenvalue weighted by molar-refractivity contribution is 7.15. The molecule has 2 aromatic heterocycles. The molecule has 6 heteroatoms. The Balaban J connectivity index is 1.59. The number of hydrogen-bond donors (Lipinski definition) is 1. The van der Waals surface area contributed by atoms with Crippen molar-refractivity contribution in [2.45, 2.75) is 18.8 Å². The van der Waals surface area contributed by atoms with Crippen LogP contribution in [0, 0.1) is 0 Å². The van der Waals surface area contributed by atoms with Crippen LogP contribution >= 0.6 is 11.3 Å². The number of anilines is 1. The number of nitrogens with one attached hydrogen (secondary N) is 1. The lowest BCUT2D eigenvalue weighted by Gasteiger charge is -1.94. The highest BCUT2D eigenvalue weighted by Gasteiger charge is 2.27. The molecule has 1 aliphatic carbocycles. The predicted molar refractivity (Wildman–Crippen MR) is 73.8 cm³/mol. The van der Waals surface area contributed by atoms with Crippen molar-refractivity contribution < 1.29 is 4.79 Å². The first-order valence-corrected chi connectivity index (χ1v) is 6.85. The van der Waals surface area contributed by atoms with Gasteiger partial charge < -0.3 is 0 Å². The van der Waals surface area contributed by atoms with Crippen molar-refractivity contribution >= 4 is 28.5 Å². The van der Waals surface area contributed by atoms with Gasteiger partial charge in [0.15, 0.2) is 0 Å². The predicted octanol–water partition coefficient (Wildman–Crippen LogP) is 2.46. The summed E-state index contributed by atoms with van der Waals surface area (Å²) in [5.41, 5.74) is 0.883. The van der Waals surface area contributed by atoms with E-state index in [1.807, 2.05) is 12.1 Å². The van der Waals surface area contributed by atoms with Crippen LogP contribution in [-0.2, 0) is 4.79 Å². The Morgan fingerprint density at radius 3 is 3.05 bits per heavy atom. The molecule has 2 heterocycles. The van der Waals surface area contributed by atoms with E-state index in [4.69, 9.17) is 0 Å². The molecule has 0 radical (unpaired) electrons. The lowest BCUT2D eigenvalue weighted by Crippen LogP contribution is -2.07. The van der Waals surface area contributed by atoms with Gasteiger partial charge in [0.05, 0.1) is 0 Å². The second-order valence-corrected chi connectivity index (χ2v) is 5.34. The van der Waals surface area contributed by atoms with Crippen molar-refractivity contribution in [1.29, 1.82) is 0 Å². The highest BCUT2D eigenvalue weighted by Crippen LogP contribution is 2.41. The zero-order valence-electron chi connectivity index (χ0n) is 10.1. The molecule has 0 bridgehead atoms. The van der Waals surface area contributed by atoms with Crippen LogP contribution in [0.15, 0.2) is 30.6 Å². The van der Waals surface area contributed by atoms with Gasteiger partial charge in [-0.1, -0.05) is 17.4 Å². The summed E-state index contributed by atoms with van der Waals surface area (Å²) in [6.45, 7) is 0. The van der Waals surface area contributed by atoms with E-state index in [-0.39, 0.29) is 5.91 Å². The zero-order chi connectivity index (χ0) is 13.1. The molecule has 1 aliphatic rings. The molecule has 1 amide bonds. The average Bonchev–Trinajstić information content (AvgIpc) is 3.19. The van der Waals surface area contributed by atoms with Gasteiger partial charge in [0.1, 0.15) is 5.01 Å². The summed E-state index contributed by atoms with van der Waals surface area (Å²) in [7, 11) is 0. The van der Waals surface area contributed by atoms with E-state index in [0.29, 0.717) is 11.0 Å². The molecule has 0 unspecified atom stereocenters. The number of carbonyl (C=O) groups is 1. The molecule has 0 aromatic carbocycles. The molecule has 0 saturated heterocycles. The monoisotopic (exact) mass is 272 g/mol. The van der Waals surface area contributed by atoms with Gasteiger partial charge in [-0.25, -0.2) is 0 Å². The number of nitrogens with zero attached hydrogens (tertiary/aromatic N) is 3. The molecule has 0 aliphatic heterocycles. The normalized spacial score (nSPS) is 14.7. The summed E-state index contributed by atoms with van der Waals surface area (Å²) >= 11 is 1.45. The smallest absolute Gasteiger partial charge is 0.250 e. The molecule has 5 nitrogen and oxygen atoms in total. The van der Waals surface area contributed by atoms with E-state index in [2.05, 4.69) is 20.5 Å². The summed E-state index contributed by atoms with van der Waals surface area (Å²) in [5, 5.41) is 12.3. The first-order valence-electron chi connectivity index (χ1n) is 6.04. The molecular formula is C13H12N4OS. The van der Waals surface area contributed by atoms with Crippen molar-refractivity contribution in [2.75, 3.05) is 5.32 Å². The molecule has 19 heavy (non-hydrogen) atoms. The maximum atomic E-state index is 11.7. The summed E-state index contributed by atoms with van der Waals surface area (Å²) in [6, 6.07) is 3.71. The molecule has 1 fully saturated rings. The third-order valence-electron chi connectivity index (χ3n) is 2.71. The van der Waals surface area contributed by atoms with Crippen LogP contribution in [0.5, 0.6) is 0 Å². The van der Waals surface area contributed by atoms with E-state index in [1.54, 1.807) is 18.5 Å². The molecule has 1 saturated carbocycles. The minimum Gasteiger partial charge on any atom is -0.297 e. The van der Waals surface area contributed by atoms with Gasteiger partial charge in [-0.15, -0.1) is 10.2 Å². The van der Waals surface area contributed by atoms with Crippen LogP contribution in [0.25, 0.3) is 6.08 Å². The van der Waals surface area contributed by atoms with Crippen molar-refractivity contribution in [2.24, 2.45) is 0 Å². The molecular weight excluding hydrogens is 260 g/mol. The van der Waals surface area contributed by atoms with Crippen LogP contribution in [0.3, 0.4) is 0 Å². The topological polar surface area (TPSA) is 67.8 Å². The molecule has 0 atom stereocenters. The van der Waals surface area contributed by atoms with Gasteiger partial charge in [-0.3, -0.25) is 15.1 Å². The van der Waals surface area contributed by atoms with Gasteiger partial charge >= 0.3 is 0 Å². The van der Waals surface area contributed by atoms with E-state index in [1.165, 1.54) is 30.3 Å². The number of aromatic nitrogens is 3. The van der Waals surface area contributed by atoms with Crippen molar-refractivity contribution in [3.05, 3.63) is 41.2 Å². The van der Waals surface area contributed by atoms with Gasteiger partial charge in [0.2, 0.25) is 11.0 Å². The summed E-state index contributed by atoms with van der Waals surface area (Å²) in [6.07, 6.45) is 8.94. The number of pyridine rings is 1.